The number of quaternary nitrogens is 1. The molecule has 7 heteroatoms. The molecule has 2 aromatic carbocycles. The molecule has 0 N–H and O–H groups in total. The monoisotopic (exact) mass is 473 g/mol. The first kappa shape index (κ1) is 21.5. The molecule has 0 spiro atoms. The number of nitrogens with zero attached hydrogens (tertiary/aromatic N) is 3. The van der Waals surface area contributed by atoms with E-state index < -0.39 is 5.60 Å². The SMILES string of the molecule is [O-]C(c1ccccc1)(c1ccccc1)c1noc(C[N+]23CCC(CC2)[C@@H](Oc2ccsc2)C3)n1. The van der Waals surface area contributed by atoms with E-state index in [4.69, 9.17) is 14.2 Å². The van der Waals surface area contributed by atoms with E-state index in [9.17, 15) is 5.11 Å². The van der Waals surface area contributed by atoms with E-state index in [1.807, 2.05) is 66.7 Å². The van der Waals surface area contributed by atoms with Crippen molar-refractivity contribution < 1.29 is 18.8 Å². The summed E-state index contributed by atoms with van der Waals surface area (Å²) in [6.45, 7) is 3.71. The zero-order valence-electron chi connectivity index (χ0n) is 18.9. The third-order valence-electron chi connectivity index (χ3n) is 7.44. The van der Waals surface area contributed by atoms with Crippen LogP contribution < -0.4 is 9.84 Å². The minimum absolute atomic E-state index is 0.163. The highest BCUT2D eigenvalue weighted by atomic mass is 32.1. The first-order valence-corrected chi connectivity index (χ1v) is 12.8. The number of hydrogen-bond donors (Lipinski definition) is 0. The van der Waals surface area contributed by atoms with Crippen molar-refractivity contribution >= 4 is 11.3 Å². The highest BCUT2D eigenvalue weighted by molar-refractivity contribution is 7.08. The van der Waals surface area contributed by atoms with Crippen LogP contribution >= 0.6 is 11.3 Å². The standard InChI is InChI=1S/C27H27N3O3S/c31-27(21-7-3-1-4-8-21,22-9-5-2-6-10-22)26-28-25(33-29-26)18-30-14-11-20(12-15-30)24(17-30)32-23-13-16-34-19-23/h1-10,13,16,19-20,24H,11-12,14-15,17-18H2/t20?,24-,30?/m0/s1. The Hall–Kier alpha value is -3.00. The van der Waals surface area contributed by atoms with Crippen molar-refractivity contribution in [1.29, 1.82) is 0 Å². The van der Waals surface area contributed by atoms with Crippen LogP contribution in [-0.2, 0) is 12.1 Å². The third kappa shape index (κ3) is 3.83. The molecule has 7 rings (SSSR count). The van der Waals surface area contributed by atoms with E-state index in [1.165, 1.54) is 0 Å². The zero-order chi connectivity index (χ0) is 23.0. The molecule has 34 heavy (non-hydrogen) atoms. The third-order valence-corrected chi connectivity index (χ3v) is 8.10. The van der Waals surface area contributed by atoms with Crippen LogP contribution in [0.25, 0.3) is 0 Å². The lowest BCUT2D eigenvalue weighted by Crippen LogP contribution is -2.64. The largest absolute Gasteiger partial charge is 0.837 e. The summed E-state index contributed by atoms with van der Waals surface area (Å²) < 4.78 is 12.9. The van der Waals surface area contributed by atoms with Crippen LogP contribution in [-0.4, -0.2) is 40.4 Å². The van der Waals surface area contributed by atoms with E-state index in [0.29, 0.717) is 29.5 Å². The molecule has 0 saturated carbocycles. The van der Waals surface area contributed by atoms with Crippen LogP contribution in [0.2, 0.25) is 0 Å². The lowest BCUT2D eigenvalue weighted by atomic mass is 9.83. The number of ether oxygens (including phenoxy) is 1. The first-order valence-electron chi connectivity index (χ1n) is 11.8. The summed E-state index contributed by atoms with van der Waals surface area (Å²) in [6.07, 6.45) is 2.47. The van der Waals surface area contributed by atoms with Crippen molar-refractivity contribution in [1.82, 2.24) is 10.1 Å². The molecule has 2 aromatic heterocycles. The van der Waals surface area contributed by atoms with E-state index in [2.05, 4.69) is 15.9 Å². The summed E-state index contributed by atoms with van der Waals surface area (Å²) in [5.74, 6) is 2.25. The van der Waals surface area contributed by atoms with Crippen LogP contribution in [0, 0.1) is 5.92 Å². The molecule has 2 bridgehead atoms. The fourth-order valence-electron chi connectivity index (χ4n) is 5.59. The maximum Gasteiger partial charge on any atom is 0.281 e. The van der Waals surface area contributed by atoms with Gasteiger partial charge in [-0.2, -0.15) is 4.98 Å². The van der Waals surface area contributed by atoms with Gasteiger partial charge in [0.05, 0.1) is 13.1 Å². The molecule has 1 atom stereocenters. The van der Waals surface area contributed by atoms with Crippen molar-refractivity contribution in [3.63, 3.8) is 0 Å². The van der Waals surface area contributed by atoms with Gasteiger partial charge in [-0.25, -0.2) is 0 Å². The maximum absolute atomic E-state index is 14.4. The van der Waals surface area contributed by atoms with Gasteiger partial charge in [-0.15, -0.1) is 11.3 Å². The van der Waals surface area contributed by atoms with Crippen molar-refractivity contribution in [3.05, 3.63) is 100 Å². The van der Waals surface area contributed by atoms with Crippen molar-refractivity contribution in [2.75, 3.05) is 19.6 Å². The van der Waals surface area contributed by atoms with Gasteiger partial charge in [-0.05, 0) is 22.6 Å². The topological polar surface area (TPSA) is 71.2 Å². The molecule has 0 amide bonds. The maximum atomic E-state index is 14.4. The highest BCUT2D eigenvalue weighted by Crippen LogP contribution is 2.38. The molecule has 5 heterocycles. The van der Waals surface area contributed by atoms with Crippen molar-refractivity contribution in [3.8, 4) is 5.75 Å². The zero-order valence-corrected chi connectivity index (χ0v) is 19.7. The average Bonchev–Trinajstić information content (AvgIpc) is 3.58. The predicted molar refractivity (Wildman–Crippen MR) is 127 cm³/mol. The second-order valence-corrected chi connectivity index (χ2v) is 10.3. The van der Waals surface area contributed by atoms with E-state index >= 15 is 0 Å². The van der Waals surface area contributed by atoms with Crippen LogP contribution in [0.15, 0.2) is 82.0 Å². The molecule has 3 fully saturated rings. The molecule has 3 aliphatic heterocycles. The summed E-state index contributed by atoms with van der Waals surface area (Å²) >= 11 is 1.66. The van der Waals surface area contributed by atoms with Gasteiger partial charge < -0.3 is 18.8 Å². The Morgan fingerprint density at radius 2 is 1.68 bits per heavy atom. The Kier molecular flexibility index (Phi) is 5.48. The van der Waals surface area contributed by atoms with Gasteiger partial charge in [0.15, 0.2) is 18.5 Å². The molecule has 0 radical (unpaired) electrons. The quantitative estimate of drug-likeness (QED) is 0.380. The summed E-state index contributed by atoms with van der Waals surface area (Å²) in [4.78, 5) is 4.70. The Morgan fingerprint density at radius 1 is 1.00 bits per heavy atom. The summed E-state index contributed by atoms with van der Waals surface area (Å²) in [5.41, 5.74) is -0.531. The van der Waals surface area contributed by atoms with Gasteiger partial charge in [-0.1, -0.05) is 65.8 Å². The van der Waals surface area contributed by atoms with Crippen LogP contribution in [0.3, 0.4) is 0 Å². The number of aromatic nitrogens is 2. The van der Waals surface area contributed by atoms with Gasteiger partial charge in [0.2, 0.25) is 0 Å². The Bertz CT molecular complexity index is 1180. The summed E-state index contributed by atoms with van der Waals surface area (Å²) in [7, 11) is 0. The molecule has 3 aliphatic rings. The molecule has 0 unspecified atom stereocenters. The predicted octanol–water partition coefficient (Wildman–Crippen LogP) is 3.97. The minimum Gasteiger partial charge on any atom is -0.837 e. The number of piperidine rings is 3. The molecule has 0 aliphatic carbocycles. The number of hydrogen-bond acceptors (Lipinski definition) is 6. The van der Waals surface area contributed by atoms with Gasteiger partial charge in [-0.3, -0.25) is 0 Å². The first-order chi connectivity index (χ1) is 16.6. The summed E-state index contributed by atoms with van der Waals surface area (Å²) in [6, 6.07) is 20.7. The molecule has 3 saturated heterocycles. The smallest absolute Gasteiger partial charge is 0.281 e. The lowest BCUT2D eigenvalue weighted by Gasteiger charge is -2.51. The van der Waals surface area contributed by atoms with E-state index in [1.54, 1.807) is 11.3 Å². The van der Waals surface area contributed by atoms with E-state index in [0.717, 1.165) is 42.7 Å². The molecule has 4 aromatic rings. The Morgan fingerprint density at radius 3 is 2.29 bits per heavy atom. The fourth-order valence-corrected chi connectivity index (χ4v) is 6.15. The summed E-state index contributed by atoms with van der Waals surface area (Å²) in [5, 5.41) is 22.7. The number of thiophene rings is 1. The number of benzene rings is 2. The van der Waals surface area contributed by atoms with Crippen LogP contribution in [0.5, 0.6) is 5.75 Å². The van der Waals surface area contributed by atoms with Crippen LogP contribution in [0.1, 0.15) is 35.7 Å². The average molecular weight is 474 g/mol. The molecule has 174 valence electrons. The second kappa shape index (κ2) is 8.65. The number of rotatable bonds is 7. The van der Waals surface area contributed by atoms with E-state index in [-0.39, 0.29) is 11.9 Å². The normalized spacial score (nSPS) is 24.3. The lowest BCUT2D eigenvalue weighted by molar-refractivity contribution is -0.959. The number of fused-ring (bicyclic) bond motifs is 3. The van der Waals surface area contributed by atoms with Gasteiger partial charge >= 0.3 is 0 Å². The second-order valence-electron chi connectivity index (χ2n) is 9.51. The Balaban J connectivity index is 1.28. The molecular formula is C27H27N3O3S. The van der Waals surface area contributed by atoms with Gasteiger partial charge in [0.25, 0.3) is 5.89 Å². The molecular weight excluding hydrogens is 446 g/mol. The van der Waals surface area contributed by atoms with Crippen LogP contribution in [0.4, 0.5) is 0 Å². The van der Waals surface area contributed by atoms with Crippen molar-refractivity contribution in [2.45, 2.75) is 31.1 Å². The highest BCUT2D eigenvalue weighted by Gasteiger charge is 2.48. The molecule has 6 nitrogen and oxygen atoms in total. The van der Waals surface area contributed by atoms with Crippen molar-refractivity contribution in [2.24, 2.45) is 5.92 Å². The van der Waals surface area contributed by atoms with Gasteiger partial charge in [0.1, 0.15) is 12.3 Å². The minimum atomic E-state index is -1.73. The fraction of sp³-hybridized carbons (Fsp3) is 0.333. The Labute approximate surface area is 203 Å². The van der Waals surface area contributed by atoms with Gasteiger partial charge in [0, 0.05) is 29.7 Å².